The van der Waals surface area contributed by atoms with Crippen molar-refractivity contribution in [3.63, 3.8) is 0 Å². The summed E-state index contributed by atoms with van der Waals surface area (Å²) in [5.74, 6) is 2.48. The van der Waals surface area contributed by atoms with Gasteiger partial charge in [0.25, 0.3) is 0 Å². The van der Waals surface area contributed by atoms with Crippen LogP contribution < -0.4 is 4.74 Å². The number of imidazole rings is 2. The number of pyridine rings is 1. The Kier molecular flexibility index (Phi) is 7.00. The highest BCUT2D eigenvalue weighted by Crippen LogP contribution is 2.33. The lowest BCUT2D eigenvalue weighted by Gasteiger charge is -2.41. The molecule has 6 heterocycles. The summed E-state index contributed by atoms with van der Waals surface area (Å²) in [6.07, 6.45) is 6.03. The molecular weight excluding hydrogens is 534 g/mol. The number of aryl methyl sites for hydroxylation is 1. The first-order chi connectivity index (χ1) is 20.6. The van der Waals surface area contributed by atoms with Crippen LogP contribution in [0.3, 0.4) is 0 Å². The van der Waals surface area contributed by atoms with Gasteiger partial charge in [-0.05, 0) is 31.4 Å². The number of fused-ring (bicyclic) bond motifs is 2. The molecule has 2 fully saturated rings. The molecule has 5 aromatic rings. The minimum Gasteiger partial charge on any atom is -0.480 e. The standard InChI is InChI=1S/C30H33N9O3/c1-19-34-25-12-31-18-33-29(25)39(19)16-27(40)38-9-8-37(14-20-7-10-42-17-20)15-26(38)28-32-13-24(35-28)22-11-21-5-3-4-6-23(21)36-30(22)41-2/h3-6,11-13,18,20,26H,7-10,14-17H2,1-2H3,(H,32,35)/t20?,26-/m0/s1. The van der Waals surface area contributed by atoms with E-state index in [4.69, 9.17) is 19.4 Å². The van der Waals surface area contributed by atoms with Gasteiger partial charge in [-0.15, -0.1) is 0 Å². The molecule has 2 aliphatic heterocycles. The molecule has 0 spiro atoms. The lowest BCUT2D eigenvalue weighted by atomic mass is 10.1. The first kappa shape index (κ1) is 26.5. The highest BCUT2D eigenvalue weighted by atomic mass is 16.5. The first-order valence-corrected chi connectivity index (χ1v) is 14.3. The number of piperazine rings is 1. The summed E-state index contributed by atoms with van der Waals surface area (Å²) in [6.45, 7) is 6.63. The van der Waals surface area contributed by atoms with Gasteiger partial charge in [0.15, 0.2) is 5.65 Å². The van der Waals surface area contributed by atoms with Gasteiger partial charge in [-0.1, -0.05) is 18.2 Å². The molecule has 7 rings (SSSR count). The second kappa shape index (κ2) is 11.1. The number of amides is 1. The maximum atomic E-state index is 13.9. The number of benzene rings is 1. The molecule has 216 valence electrons. The zero-order valence-corrected chi connectivity index (χ0v) is 23.7. The number of para-hydroxylation sites is 1. The predicted molar refractivity (Wildman–Crippen MR) is 156 cm³/mol. The van der Waals surface area contributed by atoms with Crippen molar-refractivity contribution in [2.24, 2.45) is 5.92 Å². The van der Waals surface area contributed by atoms with Crippen LogP contribution in [0.5, 0.6) is 5.88 Å². The quantitative estimate of drug-likeness (QED) is 0.316. The van der Waals surface area contributed by atoms with Crippen molar-refractivity contribution < 1.29 is 14.3 Å². The monoisotopic (exact) mass is 567 g/mol. The third-order valence-corrected chi connectivity index (χ3v) is 8.30. The Bertz CT molecular complexity index is 1740. The zero-order valence-electron chi connectivity index (χ0n) is 23.7. The highest BCUT2D eigenvalue weighted by molar-refractivity contribution is 5.85. The van der Waals surface area contributed by atoms with Gasteiger partial charge < -0.3 is 23.9 Å². The van der Waals surface area contributed by atoms with Crippen molar-refractivity contribution in [2.75, 3.05) is 46.5 Å². The number of aromatic nitrogens is 7. The van der Waals surface area contributed by atoms with Crippen molar-refractivity contribution in [1.82, 2.24) is 44.3 Å². The number of hydrogen-bond donors (Lipinski definition) is 1. The van der Waals surface area contributed by atoms with Crippen LogP contribution in [0.1, 0.15) is 24.1 Å². The van der Waals surface area contributed by atoms with Crippen molar-refractivity contribution in [1.29, 1.82) is 0 Å². The van der Waals surface area contributed by atoms with Crippen molar-refractivity contribution >= 4 is 28.0 Å². The third-order valence-electron chi connectivity index (χ3n) is 8.30. The number of ether oxygens (including phenoxy) is 2. The molecule has 2 aliphatic rings. The van der Waals surface area contributed by atoms with E-state index in [1.807, 2.05) is 40.7 Å². The van der Waals surface area contributed by atoms with Crippen LogP contribution in [0, 0.1) is 12.8 Å². The molecule has 1 unspecified atom stereocenters. The Labute approximate surface area is 242 Å². The van der Waals surface area contributed by atoms with Gasteiger partial charge in [-0.2, -0.15) is 0 Å². The summed E-state index contributed by atoms with van der Waals surface area (Å²) in [5.41, 5.74) is 3.81. The number of nitrogens with zero attached hydrogens (tertiary/aromatic N) is 8. The van der Waals surface area contributed by atoms with Gasteiger partial charge in [0.05, 0.1) is 42.9 Å². The first-order valence-electron chi connectivity index (χ1n) is 14.3. The van der Waals surface area contributed by atoms with Gasteiger partial charge in [-0.3, -0.25) is 9.69 Å². The Balaban J connectivity index is 1.20. The van der Waals surface area contributed by atoms with Gasteiger partial charge in [0.1, 0.15) is 36.1 Å². The number of carbonyl (C=O) groups is 1. The number of aromatic amines is 1. The molecule has 12 heteroatoms. The van der Waals surface area contributed by atoms with Gasteiger partial charge in [-0.25, -0.2) is 24.9 Å². The fraction of sp³-hybridized carbons (Fsp3) is 0.400. The average molecular weight is 568 g/mol. The lowest BCUT2D eigenvalue weighted by molar-refractivity contribution is -0.137. The number of rotatable bonds is 7. The van der Waals surface area contributed by atoms with E-state index >= 15 is 0 Å². The summed E-state index contributed by atoms with van der Waals surface area (Å²) >= 11 is 0. The maximum Gasteiger partial charge on any atom is 0.243 e. The van der Waals surface area contributed by atoms with Crippen LogP contribution in [0.4, 0.5) is 0 Å². The lowest BCUT2D eigenvalue weighted by Crippen LogP contribution is -2.52. The topological polar surface area (TPSA) is 127 Å². The van der Waals surface area contributed by atoms with E-state index in [1.54, 1.807) is 19.5 Å². The molecule has 12 nitrogen and oxygen atoms in total. The van der Waals surface area contributed by atoms with E-state index in [1.165, 1.54) is 6.33 Å². The molecule has 42 heavy (non-hydrogen) atoms. The molecule has 1 amide bonds. The molecule has 0 saturated carbocycles. The zero-order chi connectivity index (χ0) is 28.6. The van der Waals surface area contributed by atoms with Crippen LogP contribution in [-0.2, 0) is 16.1 Å². The van der Waals surface area contributed by atoms with Crippen LogP contribution in [-0.4, -0.2) is 96.7 Å². The summed E-state index contributed by atoms with van der Waals surface area (Å²) in [4.78, 5) is 44.3. The molecular formula is C30H33N9O3. The summed E-state index contributed by atoms with van der Waals surface area (Å²) in [5, 5.41) is 1.01. The molecule has 0 aliphatic carbocycles. The third kappa shape index (κ3) is 4.96. The van der Waals surface area contributed by atoms with E-state index in [9.17, 15) is 4.79 Å². The van der Waals surface area contributed by atoms with E-state index in [0.717, 1.165) is 66.5 Å². The summed E-state index contributed by atoms with van der Waals surface area (Å²) in [6, 6.07) is 9.75. The fourth-order valence-electron chi connectivity index (χ4n) is 6.13. The van der Waals surface area contributed by atoms with E-state index < -0.39 is 0 Å². The largest absolute Gasteiger partial charge is 0.480 e. The second-order valence-electron chi connectivity index (χ2n) is 11.0. The molecule has 1 N–H and O–H groups in total. The number of hydrogen-bond acceptors (Lipinski definition) is 9. The average Bonchev–Trinajstić information content (AvgIpc) is 3.78. The minimum atomic E-state index is -0.258. The number of methoxy groups -OCH3 is 1. The van der Waals surface area contributed by atoms with Gasteiger partial charge in [0, 0.05) is 38.2 Å². The highest BCUT2D eigenvalue weighted by Gasteiger charge is 2.35. The number of carbonyl (C=O) groups excluding carboxylic acids is 1. The number of nitrogens with one attached hydrogen (secondary N) is 1. The van der Waals surface area contributed by atoms with Crippen LogP contribution in [0.2, 0.25) is 0 Å². The van der Waals surface area contributed by atoms with Crippen LogP contribution in [0.25, 0.3) is 33.3 Å². The van der Waals surface area contributed by atoms with Crippen molar-refractivity contribution in [3.05, 3.63) is 60.7 Å². The minimum absolute atomic E-state index is 0.00670. The van der Waals surface area contributed by atoms with Crippen molar-refractivity contribution in [2.45, 2.75) is 25.9 Å². The number of H-pyrrole nitrogens is 1. The SMILES string of the molecule is COc1nc2ccccc2cc1-c1cnc([C@@H]2CN(CC3CCOC3)CCN2C(=O)Cn2c(C)nc3cncnc32)[nH]1. The second-order valence-corrected chi connectivity index (χ2v) is 11.0. The molecule has 2 atom stereocenters. The smallest absolute Gasteiger partial charge is 0.243 e. The van der Waals surface area contributed by atoms with E-state index in [0.29, 0.717) is 36.1 Å². The van der Waals surface area contributed by atoms with Crippen LogP contribution in [0.15, 0.2) is 49.1 Å². The molecule has 4 aromatic heterocycles. The van der Waals surface area contributed by atoms with Gasteiger partial charge in [0.2, 0.25) is 11.8 Å². The Morgan fingerprint density at radius 2 is 2.05 bits per heavy atom. The Morgan fingerprint density at radius 1 is 1.14 bits per heavy atom. The van der Waals surface area contributed by atoms with Crippen molar-refractivity contribution in [3.8, 4) is 17.1 Å². The summed E-state index contributed by atoms with van der Waals surface area (Å²) in [7, 11) is 1.62. The molecule has 1 aromatic carbocycles. The van der Waals surface area contributed by atoms with E-state index in [2.05, 4.69) is 30.9 Å². The van der Waals surface area contributed by atoms with Crippen LogP contribution >= 0.6 is 0 Å². The fourth-order valence-corrected chi connectivity index (χ4v) is 6.13. The normalized spacial score (nSPS) is 19.6. The molecule has 0 bridgehead atoms. The Morgan fingerprint density at radius 3 is 2.90 bits per heavy atom. The maximum absolute atomic E-state index is 13.9. The van der Waals surface area contributed by atoms with E-state index in [-0.39, 0.29) is 18.5 Å². The predicted octanol–water partition coefficient (Wildman–Crippen LogP) is 3.00. The molecule has 2 saturated heterocycles. The summed E-state index contributed by atoms with van der Waals surface area (Å²) < 4.78 is 13.1. The van der Waals surface area contributed by atoms with Gasteiger partial charge >= 0.3 is 0 Å². The Hall–Kier alpha value is -4.42. The molecule has 0 radical (unpaired) electrons.